The van der Waals surface area contributed by atoms with E-state index < -0.39 is 0 Å². The smallest absolute Gasteiger partial charge is 0.306 e. The molecule has 4 nitrogen and oxygen atoms in total. The zero-order valence-corrected chi connectivity index (χ0v) is 20.9. The SMILES string of the molecule is CC(=O)O[C@H]1C[C@H]2C(C)(C)CCC[C@]2(C)[C@@]23CC[C@@](C)(C2)[C@H](OC(=O)CC(C)C)C[C@H]13. The Morgan fingerprint density at radius 1 is 0.968 bits per heavy atom. The van der Waals surface area contributed by atoms with Crippen LogP contribution in [0.3, 0.4) is 0 Å². The monoisotopic (exact) mass is 432 g/mol. The van der Waals surface area contributed by atoms with Gasteiger partial charge in [0.05, 0.1) is 0 Å². The summed E-state index contributed by atoms with van der Waals surface area (Å²) >= 11 is 0. The van der Waals surface area contributed by atoms with Gasteiger partial charge in [-0.25, -0.2) is 0 Å². The number of ether oxygens (including phenoxy) is 2. The molecule has 0 amide bonds. The van der Waals surface area contributed by atoms with E-state index in [1.54, 1.807) is 6.92 Å². The number of esters is 2. The zero-order chi connectivity index (χ0) is 22.8. The Morgan fingerprint density at radius 2 is 1.68 bits per heavy atom. The van der Waals surface area contributed by atoms with Gasteiger partial charge in [-0.3, -0.25) is 9.59 Å². The normalized spacial score (nSPS) is 45.5. The summed E-state index contributed by atoms with van der Waals surface area (Å²) in [4.78, 5) is 24.8. The van der Waals surface area contributed by atoms with E-state index in [9.17, 15) is 9.59 Å². The molecule has 0 heterocycles. The topological polar surface area (TPSA) is 52.6 Å². The predicted molar refractivity (Wildman–Crippen MR) is 121 cm³/mol. The van der Waals surface area contributed by atoms with E-state index in [1.165, 1.54) is 25.7 Å². The Labute approximate surface area is 189 Å². The van der Waals surface area contributed by atoms with Crippen molar-refractivity contribution in [1.29, 1.82) is 0 Å². The lowest BCUT2D eigenvalue weighted by Gasteiger charge is -2.68. The molecule has 4 rings (SSSR count). The average Bonchev–Trinajstić information content (AvgIpc) is 2.93. The number of carbonyl (C=O) groups excluding carboxylic acids is 2. The standard InChI is InChI=1S/C27H44O4/c1-17(2)13-23(29)31-22-14-19-20(30-18(3)28)15-21-24(4,5)9-8-10-26(21,7)27(19)12-11-25(22,6)16-27/h17,19-22H,8-16H2,1-7H3/t19-,20+,21+,22-,25+,26+,27+/m1/s1. The molecular weight excluding hydrogens is 388 g/mol. The molecule has 0 aromatic rings. The molecule has 176 valence electrons. The molecule has 0 aromatic heterocycles. The van der Waals surface area contributed by atoms with Crippen molar-refractivity contribution in [3.05, 3.63) is 0 Å². The van der Waals surface area contributed by atoms with Gasteiger partial charge in [-0.2, -0.15) is 0 Å². The van der Waals surface area contributed by atoms with Gasteiger partial charge in [0.1, 0.15) is 12.2 Å². The number of hydrogen-bond donors (Lipinski definition) is 0. The van der Waals surface area contributed by atoms with Crippen LogP contribution in [0.1, 0.15) is 106 Å². The lowest BCUT2D eigenvalue weighted by Crippen LogP contribution is -2.64. The van der Waals surface area contributed by atoms with Crippen LogP contribution < -0.4 is 0 Å². The van der Waals surface area contributed by atoms with Crippen molar-refractivity contribution in [2.24, 2.45) is 39.4 Å². The first-order valence-electron chi connectivity index (χ1n) is 12.7. The lowest BCUT2D eigenvalue weighted by molar-refractivity contribution is -0.235. The summed E-state index contributed by atoms with van der Waals surface area (Å²) < 4.78 is 12.2. The third-order valence-corrected chi connectivity index (χ3v) is 10.3. The summed E-state index contributed by atoms with van der Waals surface area (Å²) in [5.41, 5.74) is 0.755. The average molecular weight is 433 g/mol. The maximum Gasteiger partial charge on any atom is 0.306 e. The second-order valence-corrected chi connectivity index (χ2v) is 13.1. The molecule has 4 aliphatic rings. The summed E-state index contributed by atoms with van der Waals surface area (Å²) in [5.74, 6) is 0.926. The Balaban J connectivity index is 1.71. The Hall–Kier alpha value is -1.06. The van der Waals surface area contributed by atoms with Gasteiger partial charge in [-0.1, -0.05) is 48.0 Å². The molecule has 4 fully saturated rings. The molecule has 7 atom stereocenters. The van der Waals surface area contributed by atoms with E-state index in [0.717, 1.165) is 25.7 Å². The molecule has 0 radical (unpaired) electrons. The van der Waals surface area contributed by atoms with Crippen LogP contribution >= 0.6 is 0 Å². The van der Waals surface area contributed by atoms with E-state index in [2.05, 4.69) is 41.5 Å². The van der Waals surface area contributed by atoms with Crippen molar-refractivity contribution in [3.63, 3.8) is 0 Å². The molecule has 31 heavy (non-hydrogen) atoms. The van der Waals surface area contributed by atoms with E-state index >= 15 is 0 Å². The summed E-state index contributed by atoms with van der Waals surface area (Å²) in [7, 11) is 0. The molecule has 0 saturated heterocycles. The summed E-state index contributed by atoms with van der Waals surface area (Å²) in [6.07, 6.45) is 9.37. The summed E-state index contributed by atoms with van der Waals surface area (Å²) in [6, 6.07) is 0. The van der Waals surface area contributed by atoms with E-state index in [1.807, 2.05) is 0 Å². The van der Waals surface area contributed by atoms with Crippen molar-refractivity contribution >= 4 is 11.9 Å². The largest absolute Gasteiger partial charge is 0.462 e. The van der Waals surface area contributed by atoms with Crippen molar-refractivity contribution < 1.29 is 19.1 Å². The van der Waals surface area contributed by atoms with Crippen LogP contribution in [-0.4, -0.2) is 24.1 Å². The molecule has 0 unspecified atom stereocenters. The molecular formula is C27H44O4. The summed E-state index contributed by atoms with van der Waals surface area (Å²) in [6.45, 7) is 15.5. The lowest BCUT2D eigenvalue weighted by atomic mass is 9.37. The molecule has 1 spiro atoms. The molecule has 4 aliphatic carbocycles. The van der Waals surface area contributed by atoms with Crippen LogP contribution in [0.5, 0.6) is 0 Å². The Bertz CT molecular complexity index is 742. The van der Waals surface area contributed by atoms with Crippen LogP contribution in [0.2, 0.25) is 0 Å². The highest BCUT2D eigenvalue weighted by Crippen LogP contribution is 2.76. The van der Waals surface area contributed by atoms with Gasteiger partial charge < -0.3 is 9.47 Å². The first-order chi connectivity index (χ1) is 14.3. The Kier molecular flexibility index (Phi) is 5.58. The molecule has 0 N–H and O–H groups in total. The van der Waals surface area contributed by atoms with Gasteiger partial charge in [0.25, 0.3) is 0 Å². The zero-order valence-electron chi connectivity index (χ0n) is 20.9. The predicted octanol–water partition coefficient (Wildman–Crippen LogP) is 6.31. The molecule has 4 saturated carbocycles. The Morgan fingerprint density at radius 3 is 2.32 bits per heavy atom. The van der Waals surface area contributed by atoms with Crippen molar-refractivity contribution in [2.45, 2.75) is 118 Å². The van der Waals surface area contributed by atoms with Gasteiger partial charge in [-0.05, 0) is 73.0 Å². The van der Waals surface area contributed by atoms with E-state index in [4.69, 9.17) is 9.47 Å². The van der Waals surface area contributed by atoms with Gasteiger partial charge >= 0.3 is 11.9 Å². The second kappa shape index (κ2) is 7.48. The fourth-order valence-electron chi connectivity index (χ4n) is 8.92. The van der Waals surface area contributed by atoms with Gasteiger partial charge in [0, 0.05) is 24.7 Å². The minimum Gasteiger partial charge on any atom is -0.462 e. The molecule has 0 aromatic carbocycles. The first kappa shape index (κ1) is 23.1. The number of hydrogen-bond acceptors (Lipinski definition) is 4. The van der Waals surface area contributed by atoms with Gasteiger partial charge in [0.2, 0.25) is 0 Å². The number of carbonyl (C=O) groups is 2. The van der Waals surface area contributed by atoms with Crippen molar-refractivity contribution in [1.82, 2.24) is 0 Å². The van der Waals surface area contributed by atoms with Gasteiger partial charge in [-0.15, -0.1) is 0 Å². The number of rotatable bonds is 4. The first-order valence-corrected chi connectivity index (χ1v) is 12.7. The van der Waals surface area contributed by atoms with Crippen LogP contribution in [0.15, 0.2) is 0 Å². The highest BCUT2D eigenvalue weighted by atomic mass is 16.6. The van der Waals surface area contributed by atoms with E-state index in [0.29, 0.717) is 24.2 Å². The highest BCUT2D eigenvalue weighted by molar-refractivity contribution is 5.70. The van der Waals surface area contributed by atoms with Crippen LogP contribution in [0.25, 0.3) is 0 Å². The van der Waals surface area contributed by atoms with E-state index in [-0.39, 0.29) is 45.8 Å². The highest BCUT2D eigenvalue weighted by Gasteiger charge is 2.72. The number of fused-ring (bicyclic) bond motifs is 2. The van der Waals surface area contributed by atoms with Crippen molar-refractivity contribution in [2.75, 3.05) is 0 Å². The fourth-order valence-corrected chi connectivity index (χ4v) is 8.92. The van der Waals surface area contributed by atoms with Crippen LogP contribution in [-0.2, 0) is 19.1 Å². The maximum atomic E-state index is 12.6. The van der Waals surface area contributed by atoms with Crippen LogP contribution in [0, 0.1) is 39.4 Å². The third-order valence-electron chi connectivity index (χ3n) is 10.3. The fraction of sp³-hybridized carbons (Fsp3) is 0.926. The quantitative estimate of drug-likeness (QED) is 0.489. The molecule has 4 heteroatoms. The summed E-state index contributed by atoms with van der Waals surface area (Å²) in [5, 5.41) is 0. The van der Waals surface area contributed by atoms with Gasteiger partial charge in [0.15, 0.2) is 0 Å². The minimum atomic E-state index is -0.169. The second-order valence-electron chi connectivity index (χ2n) is 13.1. The third kappa shape index (κ3) is 3.55. The minimum absolute atomic E-state index is 0.0381. The maximum absolute atomic E-state index is 12.6. The van der Waals surface area contributed by atoms with Crippen LogP contribution in [0.4, 0.5) is 0 Å². The van der Waals surface area contributed by atoms with Crippen molar-refractivity contribution in [3.8, 4) is 0 Å². The molecule has 0 aliphatic heterocycles. The molecule has 2 bridgehead atoms.